The van der Waals surface area contributed by atoms with E-state index in [2.05, 4.69) is 10.5 Å². The molecular weight excluding hydrogens is 472 g/mol. The Hall–Kier alpha value is -4.85. The van der Waals surface area contributed by atoms with Gasteiger partial charge < -0.3 is 18.9 Å². The zero-order chi connectivity index (χ0) is 26.2. The maximum absolute atomic E-state index is 13.0. The van der Waals surface area contributed by atoms with Gasteiger partial charge in [0.05, 0.1) is 32.6 Å². The van der Waals surface area contributed by atoms with E-state index in [0.717, 1.165) is 10.8 Å². The van der Waals surface area contributed by atoms with Crippen LogP contribution in [0.15, 0.2) is 84.0 Å². The van der Waals surface area contributed by atoms with Crippen molar-refractivity contribution < 1.29 is 28.5 Å². The average Bonchev–Trinajstić information content (AvgIpc) is 2.94. The van der Waals surface area contributed by atoms with Crippen molar-refractivity contribution in [3.8, 4) is 23.0 Å². The summed E-state index contributed by atoms with van der Waals surface area (Å²) in [6, 6.07) is 22.7. The summed E-state index contributed by atoms with van der Waals surface area (Å²) in [5.74, 6) is 0.916. The molecule has 0 aliphatic heterocycles. The largest absolute Gasteiger partial charge is 0.494 e. The van der Waals surface area contributed by atoms with Crippen LogP contribution in [0.25, 0.3) is 10.8 Å². The molecule has 1 N–H and O–H groups in total. The number of nitrogens with one attached hydrogen (secondary N) is 1. The summed E-state index contributed by atoms with van der Waals surface area (Å²) in [5, 5.41) is 5.86. The lowest BCUT2D eigenvalue weighted by atomic mass is 10.0. The summed E-state index contributed by atoms with van der Waals surface area (Å²) in [5.41, 5.74) is 3.78. The van der Waals surface area contributed by atoms with E-state index in [9.17, 15) is 9.59 Å². The molecule has 4 rings (SSSR count). The first-order valence-corrected chi connectivity index (χ1v) is 11.6. The van der Waals surface area contributed by atoms with Crippen molar-refractivity contribution in [1.29, 1.82) is 0 Å². The highest BCUT2D eigenvalue weighted by Gasteiger charge is 2.16. The van der Waals surface area contributed by atoms with Gasteiger partial charge in [-0.15, -0.1) is 0 Å². The highest BCUT2D eigenvalue weighted by molar-refractivity contribution is 6.04. The highest BCUT2D eigenvalue weighted by Crippen LogP contribution is 2.30. The normalized spacial score (nSPS) is 10.8. The number of ether oxygens (including phenoxy) is 4. The van der Waals surface area contributed by atoms with Crippen LogP contribution in [0.1, 0.15) is 33.2 Å². The van der Waals surface area contributed by atoms with Crippen LogP contribution in [0.2, 0.25) is 0 Å². The second kappa shape index (κ2) is 11.7. The van der Waals surface area contributed by atoms with Crippen LogP contribution in [0.4, 0.5) is 0 Å². The van der Waals surface area contributed by atoms with Gasteiger partial charge in [-0.2, -0.15) is 5.10 Å². The number of hydrogen-bond acceptors (Lipinski definition) is 7. The van der Waals surface area contributed by atoms with E-state index in [1.54, 1.807) is 48.5 Å². The van der Waals surface area contributed by atoms with Crippen molar-refractivity contribution in [3.63, 3.8) is 0 Å². The lowest BCUT2D eigenvalue weighted by molar-refractivity contribution is 0.0734. The summed E-state index contributed by atoms with van der Waals surface area (Å²) >= 11 is 0. The molecule has 4 aromatic carbocycles. The number of hydrogen-bond donors (Lipinski definition) is 1. The smallest absolute Gasteiger partial charge is 0.343 e. The molecule has 4 aromatic rings. The number of methoxy groups -OCH3 is 2. The van der Waals surface area contributed by atoms with Crippen LogP contribution in [0.3, 0.4) is 0 Å². The first kappa shape index (κ1) is 25.2. The molecule has 0 aliphatic carbocycles. The molecule has 0 atom stereocenters. The molecule has 37 heavy (non-hydrogen) atoms. The van der Waals surface area contributed by atoms with Gasteiger partial charge in [0.25, 0.3) is 5.91 Å². The standard InChI is InChI=1S/C29H26N2O6/c1-4-36-22-13-9-20(10-14-22)28(32)31-30-18-24-23-8-6-5-7-19(23)11-15-25(24)37-29(33)21-12-16-26(34-2)27(17-21)35-3/h5-18H,4H2,1-3H3,(H,31,32)/b30-18+. The van der Waals surface area contributed by atoms with Crippen LogP contribution >= 0.6 is 0 Å². The number of rotatable bonds is 9. The summed E-state index contributed by atoms with van der Waals surface area (Å²) in [6.07, 6.45) is 1.46. The third-order valence-electron chi connectivity index (χ3n) is 5.54. The molecule has 0 aromatic heterocycles. The molecule has 0 fully saturated rings. The maximum Gasteiger partial charge on any atom is 0.343 e. The predicted octanol–water partition coefficient (Wildman–Crippen LogP) is 5.24. The number of amides is 1. The molecule has 0 saturated carbocycles. The average molecular weight is 499 g/mol. The van der Waals surface area contributed by atoms with Crippen molar-refractivity contribution in [2.45, 2.75) is 6.92 Å². The van der Waals surface area contributed by atoms with Crippen LogP contribution < -0.4 is 24.4 Å². The van der Waals surface area contributed by atoms with Gasteiger partial charge in [-0.3, -0.25) is 4.79 Å². The Kier molecular flexibility index (Phi) is 8.00. The van der Waals surface area contributed by atoms with Crippen molar-refractivity contribution in [1.82, 2.24) is 5.43 Å². The van der Waals surface area contributed by atoms with Crippen molar-refractivity contribution in [2.75, 3.05) is 20.8 Å². The Bertz CT molecular complexity index is 1450. The number of carbonyl (C=O) groups excluding carboxylic acids is 2. The molecule has 0 radical (unpaired) electrons. The van der Waals surface area contributed by atoms with Crippen LogP contribution in [0.5, 0.6) is 23.0 Å². The topological polar surface area (TPSA) is 95.5 Å². The lowest BCUT2D eigenvalue weighted by Gasteiger charge is -2.12. The van der Waals surface area contributed by atoms with Gasteiger partial charge in [0.2, 0.25) is 0 Å². The molecule has 0 bridgehead atoms. The van der Waals surface area contributed by atoms with Crippen LogP contribution in [-0.2, 0) is 0 Å². The van der Waals surface area contributed by atoms with Gasteiger partial charge in [-0.05, 0) is 66.2 Å². The van der Waals surface area contributed by atoms with E-state index in [1.165, 1.54) is 20.4 Å². The van der Waals surface area contributed by atoms with E-state index >= 15 is 0 Å². The second-order valence-corrected chi connectivity index (χ2v) is 7.81. The monoisotopic (exact) mass is 498 g/mol. The van der Waals surface area contributed by atoms with E-state index in [0.29, 0.717) is 35.0 Å². The molecule has 8 heteroatoms. The number of fused-ring (bicyclic) bond motifs is 1. The Morgan fingerprint density at radius 2 is 1.54 bits per heavy atom. The fourth-order valence-corrected chi connectivity index (χ4v) is 3.71. The first-order chi connectivity index (χ1) is 18.0. The molecule has 188 valence electrons. The minimum absolute atomic E-state index is 0.289. The van der Waals surface area contributed by atoms with Crippen LogP contribution in [0, 0.1) is 0 Å². The van der Waals surface area contributed by atoms with Crippen molar-refractivity contribution in [3.05, 3.63) is 95.6 Å². The molecule has 0 aliphatic rings. The van der Waals surface area contributed by atoms with Crippen molar-refractivity contribution in [2.24, 2.45) is 5.10 Å². The second-order valence-electron chi connectivity index (χ2n) is 7.81. The number of carbonyl (C=O) groups is 2. The summed E-state index contributed by atoms with van der Waals surface area (Å²) in [4.78, 5) is 25.5. The van der Waals surface area contributed by atoms with Gasteiger partial charge in [-0.25, -0.2) is 10.2 Å². The van der Waals surface area contributed by atoms with Gasteiger partial charge in [-0.1, -0.05) is 30.3 Å². The molecule has 0 saturated heterocycles. The Morgan fingerprint density at radius 1 is 0.838 bits per heavy atom. The molecular formula is C29H26N2O6. The highest BCUT2D eigenvalue weighted by atomic mass is 16.5. The number of benzene rings is 4. The summed E-state index contributed by atoms with van der Waals surface area (Å²) in [6.45, 7) is 2.43. The first-order valence-electron chi connectivity index (χ1n) is 11.6. The van der Waals surface area contributed by atoms with Crippen molar-refractivity contribution >= 4 is 28.9 Å². The minimum atomic E-state index is -0.579. The van der Waals surface area contributed by atoms with Crippen LogP contribution in [-0.4, -0.2) is 38.9 Å². The number of hydrazone groups is 1. The minimum Gasteiger partial charge on any atom is -0.494 e. The zero-order valence-electron chi connectivity index (χ0n) is 20.7. The van der Waals surface area contributed by atoms with E-state index in [1.807, 2.05) is 37.3 Å². The number of nitrogens with zero attached hydrogens (tertiary/aromatic N) is 1. The molecule has 0 spiro atoms. The lowest BCUT2D eigenvalue weighted by Crippen LogP contribution is -2.17. The van der Waals surface area contributed by atoms with Gasteiger partial charge >= 0.3 is 5.97 Å². The SMILES string of the molecule is CCOc1ccc(C(=O)N/N=C/c2c(OC(=O)c3ccc(OC)c(OC)c3)ccc3ccccc23)cc1. The van der Waals surface area contributed by atoms with E-state index in [-0.39, 0.29) is 17.2 Å². The summed E-state index contributed by atoms with van der Waals surface area (Å²) < 4.78 is 21.7. The fourth-order valence-electron chi connectivity index (χ4n) is 3.71. The quantitative estimate of drug-likeness (QED) is 0.147. The Morgan fingerprint density at radius 3 is 2.27 bits per heavy atom. The van der Waals surface area contributed by atoms with E-state index in [4.69, 9.17) is 18.9 Å². The predicted molar refractivity (Wildman–Crippen MR) is 141 cm³/mol. The number of esters is 1. The molecule has 1 amide bonds. The van der Waals surface area contributed by atoms with Gasteiger partial charge in [0.15, 0.2) is 11.5 Å². The molecule has 0 heterocycles. The third kappa shape index (κ3) is 5.87. The Labute approximate surface area is 214 Å². The van der Waals surface area contributed by atoms with Gasteiger partial charge in [0.1, 0.15) is 11.5 Å². The molecule has 8 nitrogen and oxygen atoms in total. The summed E-state index contributed by atoms with van der Waals surface area (Å²) in [7, 11) is 3.01. The van der Waals surface area contributed by atoms with E-state index < -0.39 is 5.97 Å². The zero-order valence-corrected chi connectivity index (χ0v) is 20.7. The van der Waals surface area contributed by atoms with Gasteiger partial charge in [0, 0.05) is 11.1 Å². The Balaban J connectivity index is 1.58. The third-order valence-corrected chi connectivity index (χ3v) is 5.54. The maximum atomic E-state index is 13.0. The molecule has 0 unspecified atom stereocenters. The fraction of sp³-hybridized carbons (Fsp3) is 0.138.